The molecule has 0 aliphatic carbocycles. The Bertz CT molecular complexity index is 714. The van der Waals surface area contributed by atoms with Crippen LogP contribution in [0.1, 0.15) is 5.82 Å². The number of hydrogen-bond acceptors (Lipinski definition) is 5. The van der Waals surface area contributed by atoms with Gasteiger partial charge >= 0.3 is 0 Å². The zero-order valence-electron chi connectivity index (χ0n) is 11.5. The molecule has 5 nitrogen and oxygen atoms in total. The first kappa shape index (κ1) is 13.6. The minimum atomic E-state index is 0.690. The summed E-state index contributed by atoms with van der Waals surface area (Å²) < 4.78 is 6.98. The number of methoxy groups -OCH3 is 1. The van der Waals surface area contributed by atoms with Crippen molar-refractivity contribution in [2.45, 2.75) is 10.6 Å². The number of para-hydroxylation sites is 1. The van der Waals surface area contributed by atoms with Crippen LogP contribution in [-0.2, 0) is 5.75 Å². The van der Waals surface area contributed by atoms with E-state index in [1.807, 2.05) is 54.6 Å². The van der Waals surface area contributed by atoms with Crippen LogP contribution in [0.15, 0.2) is 59.5 Å². The van der Waals surface area contributed by atoms with Gasteiger partial charge in [0, 0.05) is 4.90 Å². The van der Waals surface area contributed by atoms with Crippen molar-refractivity contribution in [1.82, 2.24) is 20.2 Å². The van der Waals surface area contributed by atoms with Crippen LogP contribution in [0.4, 0.5) is 0 Å². The Morgan fingerprint density at radius 2 is 1.95 bits per heavy atom. The van der Waals surface area contributed by atoms with E-state index in [1.165, 1.54) is 0 Å². The number of nitrogens with zero attached hydrogens (tertiary/aromatic N) is 4. The lowest BCUT2D eigenvalue weighted by molar-refractivity contribution is 0.413. The summed E-state index contributed by atoms with van der Waals surface area (Å²) in [6.07, 6.45) is 0. The first-order valence-electron chi connectivity index (χ1n) is 6.46. The van der Waals surface area contributed by atoms with Crippen molar-refractivity contribution in [1.29, 1.82) is 0 Å². The van der Waals surface area contributed by atoms with Crippen LogP contribution in [0.3, 0.4) is 0 Å². The molecule has 2 aromatic carbocycles. The van der Waals surface area contributed by atoms with E-state index in [-0.39, 0.29) is 0 Å². The highest BCUT2D eigenvalue weighted by atomic mass is 32.2. The highest BCUT2D eigenvalue weighted by Gasteiger charge is 2.08. The first-order valence-corrected chi connectivity index (χ1v) is 7.45. The molecule has 0 unspecified atom stereocenters. The van der Waals surface area contributed by atoms with E-state index >= 15 is 0 Å². The summed E-state index contributed by atoms with van der Waals surface area (Å²) >= 11 is 1.67. The number of ether oxygens (including phenoxy) is 1. The van der Waals surface area contributed by atoms with Crippen molar-refractivity contribution < 1.29 is 4.74 Å². The summed E-state index contributed by atoms with van der Waals surface area (Å²) in [5, 5.41) is 11.9. The molecule has 0 saturated carbocycles. The Balaban J connectivity index is 1.76. The van der Waals surface area contributed by atoms with E-state index in [4.69, 9.17) is 4.74 Å². The van der Waals surface area contributed by atoms with Gasteiger partial charge in [-0.15, -0.1) is 16.9 Å². The van der Waals surface area contributed by atoms with Crippen molar-refractivity contribution in [2.75, 3.05) is 7.11 Å². The van der Waals surface area contributed by atoms with E-state index in [1.54, 1.807) is 23.6 Å². The van der Waals surface area contributed by atoms with Crippen LogP contribution in [0.2, 0.25) is 0 Å². The van der Waals surface area contributed by atoms with E-state index in [0.717, 1.165) is 22.2 Å². The molecule has 0 atom stereocenters. The fraction of sp³-hybridized carbons (Fsp3) is 0.133. The Hall–Kier alpha value is -2.34. The van der Waals surface area contributed by atoms with E-state index in [0.29, 0.717) is 5.75 Å². The maximum Gasteiger partial charge on any atom is 0.166 e. The quantitative estimate of drug-likeness (QED) is 0.678. The lowest BCUT2D eigenvalue weighted by atomic mass is 10.3. The Kier molecular flexibility index (Phi) is 4.16. The fourth-order valence-corrected chi connectivity index (χ4v) is 2.75. The second-order valence-corrected chi connectivity index (χ2v) is 5.36. The molecule has 6 heteroatoms. The highest BCUT2D eigenvalue weighted by Crippen LogP contribution is 2.25. The summed E-state index contributed by atoms with van der Waals surface area (Å²) in [5.74, 6) is 2.35. The molecule has 0 aliphatic rings. The molecule has 0 radical (unpaired) electrons. The van der Waals surface area contributed by atoms with Crippen LogP contribution in [0.25, 0.3) is 5.69 Å². The number of thioether (sulfide) groups is 1. The molecule has 0 aliphatic heterocycles. The zero-order valence-corrected chi connectivity index (χ0v) is 12.3. The summed E-state index contributed by atoms with van der Waals surface area (Å²) in [4.78, 5) is 1.12. The van der Waals surface area contributed by atoms with Gasteiger partial charge in [-0.1, -0.05) is 24.3 Å². The number of benzene rings is 2. The molecule has 0 spiro atoms. The van der Waals surface area contributed by atoms with Crippen LogP contribution in [0, 0.1) is 0 Å². The molecule has 0 saturated heterocycles. The average Bonchev–Trinajstić information content (AvgIpc) is 3.02. The van der Waals surface area contributed by atoms with Gasteiger partial charge in [0.25, 0.3) is 0 Å². The fourth-order valence-electron chi connectivity index (χ4n) is 1.90. The maximum absolute atomic E-state index is 5.23. The molecule has 1 heterocycles. The minimum Gasteiger partial charge on any atom is -0.497 e. The molecule has 21 heavy (non-hydrogen) atoms. The smallest absolute Gasteiger partial charge is 0.166 e. The molecular formula is C15H14N4OS. The number of aromatic nitrogens is 4. The van der Waals surface area contributed by atoms with E-state index in [9.17, 15) is 0 Å². The lowest BCUT2D eigenvalue weighted by Gasteiger charge is -2.05. The minimum absolute atomic E-state index is 0.690. The van der Waals surface area contributed by atoms with Gasteiger partial charge in [0.05, 0.1) is 18.6 Å². The van der Waals surface area contributed by atoms with Gasteiger partial charge in [-0.25, -0.2) is 0 Å². The van der Waals surface area contributed by atoms with Crippen molar-refractivity contribution in [3.63, 3.8) is 0 Å². The molecule has 0 fully saturated rings. The van der Waals surface area contributed by atoms with Crippen LogP contribution in [0.5, 0.6) is 5.75 Å². The predicted molar refractivity (Wildman–Crippen MR) is 81.7 cm³/mol. The Morgan fingerprint density at radius 1 is 1.10 bits per heavy atom. The summed E-state index contributed by atoms with van der Waals surface area (Å²) in [6, 6.07) is 17.8. The van der Waals surface area contributed by atoms with Gasteiger partial charge in [-0.05, 0) is 40.8 Å². The predicted octanol–water partition coefficient (Wildman–Crippen LogP) is 2.96. The third kappa shape index (κ3) is 3.22. The van der Waals surface area contributed by atoms with Crippen molar-refractivity contribution in [2.24, 2.45) is 0 Å². The van der Waals surface area contributed by atoms with Crippen molar-refractivity contribution in [3.8, 4) is 11.4 Å². The zero-order chi connectivity index (χ0) is 14.5. The molecule has 3 aromatic rings. The summed E-state index contributed by atoms with van der Waals surface area (Å²) in [5.41, 5.74) is 0.962. The molecule has 106 valence electrons. The van der Waals surface area contributed by atoms with E-state index < -0.39 is 0 Å². The van der Waals surface area contributed by atoms with Crippen molar-refractivity contribution >= 4 is 11.8 Å². The molecule has 0 amide bonds. The number of hydrogen-bond donors (Lipinski definition) is 0. The largest absolute Gasteiger partial charge is 0.497 e. The SMILES string of the molecule is COc1cccc(SCc2nnnn2-c2ccccc2)c1. The molecule has 0 N–H and O–H groups in total. The lowest BCUT2D eigenvalue weighted by Crippen LogP contribution is -2.01. The summed E-state index contributed by atoms with van der Waals surface area (Å²) in [7, 11) is 1.67. The molecule has 3 rings (SSSR count). The van der Waals surface area contributed by atoms with Crippen molar-refractivity contribution in [3.05, 3.63) is 60.4 Å². The van der Waals surface area contributed by atoms with Crippen LogP contribution in [-0.4, -0.2) is 27.3 Å². The first-order chi connectivity index (χ1) is 10.4. The number of rotatable bonds is 5. The van der Waals surface area contributed by atoms with Gasteiger partial charge in [0.15, 0.2) is 5.82 Å². The van der Waals surface area contributed by atoms with E-state index in [2.05, 4.69) is 15.5 Å². The van der Waals surface area contributed by atoms with Gasteiger partial charge < -0.3 is 4.74 Å². The third-order valence-electron chi connectivity index (χ3n) is 2.94. The normalized spacial score (nSPS) is 10.5. The average molecular weight is 298 g/mol. The Labute approximate surface area is 126 Å². The molecular weight excluding hydrogens is 284 g/mol. The molecule has 0 bridgehead atoms. The van der Waals surface area contributed by atoms with Gasteiger partial charge in [-0.2, -0.15) is 4.68 Å². The van der Waals surface area contributed by atoms with Crippen LogP contribution >= 0.6 is 11.8 Å². The second kappa shape index (κ2) is 6.41. The highest BCUT2D eigenvalue weighted by molar-refractivity contribution is 7.98. The standard InChI is InChI=1S/C15H14N4OS/c1-20-13-8-5-9-14(10-13)21-11-15-16-17-18-19(15)12-6-3-2-4-7-12/h2-10H,11H2,1H3. The topological polar surface area (TPSA) is 52.8 Å². The van der Waals surface area contributed by atoms with Crippen LogP contribution < -0.4 is 4.74 Å². The summed E-state index contributed by atoms with van der Waals surface area (Å²) in [6.45, 7) is 0. The second-order valence-electron chi connectivity index (χ2n) is 4.31. The van der Waals surface area contributed by atoms with Gasteiger partial charge in [-0.3, -0.25) is 0 Å². The number of tetrazole rings is 1. The Morgan fingerprint density at radius 3 is 2.76 bits per heavy atom. The maximum atomic E-state index is 5.23. The molecule has 1 aromatic heterocycles. The monoisotopic (exact) mass is 298 g/mol. The van der Waals surface area contributed by atoms with Gasteiger partial charge in [0.2, 0.25) is 0 Å². The third-order valence-corrected chi connectivity index (χ3v) is 3.93. The van der Waals surface area contributed by atoms with Gasteiger partial charge in [0.1, 0.15) is 5.75 Å².